The summed E-state index contributed by atoms with van der Waals surface area (Å²) in [5.41, 5.74) is 0.359. The molecule has 108 valence electrons. The molecule has 0 N–H and O–H groups in total. The summed E-state index contributed by atoms with van der Waals surface area (Å²) >= 11 is 0. The Kier molecular flexibility index (Phi) is 4.50. The van der Waals surface area contributed by atoms with E-state index >= 15 is 0 Å². The van der Waals surface area contributed by atoms with E-state index in [0.717, 1.165) is 0 Å². The van der Waals surface area contributed by atoms with Gasteiger partial charge in [-0.3, -0.25) is 14.9 Å². The molecule has 2 aromatic rings. The fourth-order valence-electron chi connectivity index (χ4n) is 1.80. The second-order valence-electron chi connectivity index (χ2n) is 4.42. The van der Waals surface area contributed by atoms with E-state index in [2.05, 4.69) is 0 Å². The van der Waals surface area contributed by atoms with Crippen molar-refractivity contribution in [3.8, 4) is 0 Å². The third-order valence-corrected chi connectivity index (χ3v) is 2.89. The fraction of sp³-hybridized carbons (Fsp3) is 0.133. The molecular formula is C15H14N2O4. The van der Waals surface area contributed by atoms with Gasteiger partial charge in [0, 0.05) is 19.2 Å². The molecule has 0 atom stereocenters. The maximum atomic E-state index is 12.0. The number of furan rings is 1. The highest BCUT2D eigenvalue weighted by molar-refractivity contribution is 5.92. The maximum Gasteiger partial charge on any atom is 0.276 e. The van der Waals surface area contributed by atoms with E-state index < -0.39 is 4.92 Å². The Hall–Kier alpha value is -2.89. The molecule has 0 saturated carbocycles. The molecule has 1 aromatic carbocycles. The van der Waals surface area contributed by atoms with Crippen LogP contribution in [-0.2, 0) is 11.3 Å². The lowest BCUT2D eigenvalue weighted by atomic mass is 10.1. The minimum absolute atomic E-state index is 0.0322. The molecular weight excluding hydrogens is 272 g/mol. The highest BCUT2D eigenvalue weighted by Gasteiger charge is 2.11. The number of nitrogens with zero attached hydrogens (tertiary/aromatic N) is 2. The standard InChI is InChI=1S/C15H14N2O4/c1-16(11-13-6-4-10-21-13)15(18)9-8-12-5-2-3-7-14(12)17(19)20/h2-10H,11H2,1H3/b9-8+. The van der Waals surface area contributed by atoms with E-state index in [1.54, 1.807) is 37.4 Å². The van der Waals surface area contributed by atoms with Gasteiger partial charge in [0.15, 0.2) is 0 Å². The first-order valence-corrected chi connectivity index (χ1v) is 6.27. The van der Waals surface area contributed by atoms with Crippen LogP contribution in [0.25, 0.3) is 6.08 Å². The van der Waals surface area contributed by atoms with Gasteiger partial charge in [0.05, 0.1) is 23.3 Å². The number of amides is 1. The van der Waals surface area contributed by atoms with Crippen molar-refractivity contribution in [2.24, 2.45) is 0 Å². The number of nitro groups is 1. The number of hydrogen-bond acceptors (Lipinski definition) is 4. The molecule has 0 bridgehead atoms. The number of carbonyl (C=O) groups excluding carboxylic acids is 1. The topological polar surface area (TPSA) is 76.6 Å². The summed E-state index contributed by atoms with van der Waals surface area (Å²) in [6, 6.07) is 9.78. The number of hydrogen-bond donors (Lipinski definition) is 0. The van der Waals surface area contributed by atoms with Gasteiger partial charge >= 0.3 is 0 Å². The maximum absolute atomic E-state index is 12.0. The molecule has 0 aliphatic rings. The quantitative estimate of drug-likeness (QED) is 0.481. The first-order chi connectivity index (χ1) is 10.1. The third kappa shape index (κ3) is 3.79. The molecule has 0 saturated heterocycles. The normalized spacial score (nSPS) is 10.7. The molecule has 0 fully saturated rings. The first-order valence-electron chi connectivity index (χ1n) is 6.27. The average Bonchev–Trinajstić information content (AvgIpc) is 2.97. The smallest absolute Gasteiger partial charge is 0.276 e. The van der Waals surface area contributed by atoms with Crippen molar-refractivity contribution in [3.63, 3.8) is 0 Å². The molecule has 0 aliphatic heterocycles. The summed E-state index contributed by atoms with van der Waals surface area (Å²) < 4.78 is 5.16. The van der Waals surface area contributed by atoms with Gasteiger partial charge in [-0.05, 0) is 24.3 Å². The van der Waals surface area contributed by atoms with Crippen molar-refractivity contribution in [1.82, 2.24) is 4.90 Å². The minimum atomic E-state index is -0.475. The van der Waals surface area contributed by atoms with Gasteiger partial charge < -0.3 is 9.32 Å². The van der Waals surface area contributed by atoms with E-state index in [9.17, 15) is 14.9 Å². The molecule has 0 aliphatic carbocycles. The fourth-order valence-corrected chi connectivity index (χ4v) is 1.80. The summed E-state index contributed by atoms with van der Waals surface area (Å²) in [4.78, 5) is 23.8. The molecule has 0 spiro atoms. The summed E-state index contributed by atoms with van der Waals surface area (Å²) in [7, 11) is 1.63. The molecule has 0 radical (unpaired) electrons. The summed E-state index contributed by atoms with van der Waals surface area (Å²) in [6.45, 7) is 0.340. The molecule has 1 heterocycles. The summed E-state index contributed by atoms with van der Waals surface area (Å²) in [5, 5.41) is 10.9. The Labute approximate surface area is 121 Å². The predicted molar refractivity (Wildman–Crippen MR) is 77.3 cm³/mol. The largest absolute Gasteiger partial charge is 0.467 e. The average molecular weight is 286 g/mol. The van der Waals surface area contributed by atoms with Crippen LogP contribution in [0.1, 0.15) is 11.3 Å². The zero-order valence-electron chi connectivity index (χ0n) is 11.4. The third-order valence-electron chi connectivity index (χ3n) is 2.89. The molecule has 2 rings (SSSR count). The Balaban J connectivity index is 2.07. The number of benzene rings is 1. The first kappa shape index (κ1) is 14.5. The highest BCUT2D eigenvalue weighted by atomic mass is 16.6. The SMILES string of the molecule is CN(Cc1ccco1)C(=O)/C=C/c1ccccc1[N+](=O)[O-]. The Morgan fingerprint density at radius 1 is 1.33 bits per heavy atom. The second kappa shape index (κ2) is 6.51. The van der Waals surface area contributed by atoms with Crippen LogP contribution in [0.3, 0.4) is 0 Å². The van der Waals surface area contributed by atoms with E-state index in [1.807, 2.05) is 0 Å². The van der Waals surface area contributed by atoms with Gasteiger partial charge in [0.25, 0.3) is 5.69 Å². The second-order valence-corrected chi connectivity index (χ2v) is 4.42. The number of likely N-dealkylation sites (N-methyl/N-ethyl adjacent to an activating group) is 1. The van der Waals surface area contributed by atoms with Crippen LogP contribution in [0.2, 0.25) is 0 Å². The lowest BCUT2D eigenvalue weighted by Crippen LogP contribution is -2.23. The minimum Gasteiger partial charge on any atom is -0.467 e. The molecule has 6 nitrogen and oxygen atoms in total. The monoisotopic (exact) mass is 286 g/mol. The predicted octanol–water partition coefficient (Wildman–Crippen LogP) is 2.86. The van der Waals surface area contributed by atoms with Crippen LogP contribution >= 0.6 is 0 Å². The molecule has 1 aromatic heterocycles. The molecule has 21 heavy (non-hydrogen) atoms. The van der Waals surface area contributed by atoms with Gasteiger partial charge in [-0.2, -0.15) is 0 Å². The number of nitro benzene ring substituents is 1. The van der Waals surface area contributed by atoms with Crippen LogP contribution in [0.4, 0.5) is 5.69 Å². The molecule has 0 unspecified atom stereocenters. The number of carbonyl (C=O) groups is 1. The van der Waals surface area contributed by atoms with Crippen LogP contribution in [-0.4, -0.2) is 22.8 Å². The van der Waals surface area contributed by atoms with Gasteiger partial charge in [0.1, 0.15) is 5.76 Å². The van der Waals surface area contributed by atoms with E-state index in [-0.39, 0.29) is 11.6 Å². The van der Waals surface area contributed by atoms with Crippen LogP contribution in [0.5, 0.6) is 0 Å². The van der Waals surface area contributed by atoms with Gasteiger partial charge in [0.2, 0.25) is 5.91 Å². The van der Waals surface area contributed by atoms with Crippen LogP contribution in [0, 0.1) is 10.1 Å². The van der Waals surface area contributed by atoms with Crippen molar-refractivity contribution in [1.29, 1.82) is 0 Å². The summed E-state index contributed by atoms with van der Waals surface area (Å²) in [6.07, 6.45) is 4.29. The van der Waals surface area contributed by atoms with Crippen molar-refractivity contribution < 1.29 is 14.1 Å². The lowest BCUT2D eigenvalue weighted by Gasteiger charge is -2.12. The summed E-state index contributed by atoms with van der Waals surface area (Å²) in [5.74, 6) is 0.412. The van der Waals surface area contributed by atoms with Gasteiger partial charge in [-0.15, -0.1) is 0 Å². The van der Waals surface area contributed by atoms with Crippen molar-refractivity contribution in [2.75, 3.05) is 7.05 Å². The Bertz CT molecular complexity index is 662. The van der Waals surface area contributed by atoms with Crippen molar-refractivity contribution in [2.45, 2.75) is 6.54 Å². The Morgan fingerprint density at radius 2 is 2.10 bits per heavy atom. The molecule has 1 amide bonds. The molecule has 6 heteroatoms. The van der Waals surface area contributed by atoms with Gasteiger partial charge in [-0.25, -0.2) is 0 Å². The Morgan fingerprint density at radius 3 is 2.76 bits per heavy atom. The van der Waals surface area contributed by atoms with Gasteiger partial charge in [-0.1, -0.05) is 12.1 Å². The van der Waals surface area contributed by atoms with Crippen molar-refractivity contribution in [3.05, 3.63) is 70.2 Å². The zero-order valence-corrected chi connectivity index (χ0v) is 11.4. The van der Waals surface area contributed by atoms with Crippen LogP contribution in [0.15, 0.2) is 53.2 Å². The van der Waals surface area contributed by atoms with Crippen molar-refractivity contribution >= 4 is 17.7 Å². The van der Waals surface area contributed by atoms with E-state index in [1.165, 1.54) is 29.4 Å². The zero-order chi connectivity index (χ0) is 15.2. The number of rotatable bonds is 5. The highest BCUT2D eigenvalue weighted by Crippen LogP contribution is 2.19. The van der Waals surface area contributed by atoms with Crippen LogP contribution < -0.4 is 0 Å². The number of para-hydroxylation sites is 1. The van der Waals surface area contributed by atoms with E-state index in [4.69, 9.17) is 4.42 Å². The lowest BCUT2D eigenvalue weighted by molar-refractivity contribution is -0.385. The van der Waals surface area contributed by atoms with E-state index in [0.29, 0.717) is 17.9 Å².